The largest absolute Gasteiger partial charge is 0.488 e. The maximum atomic E-state index is 5.82. The first-order chi connectivity index (χ1) is 8.15. The molecule has 3 heteroatoms. The normalized spacial score (nSPS) is 10.3. The first-order valence-electron chi connectivity index (χ1n) is 5.28. The SMILES string of the molecule is Cc1ccc(OCc2ccc(Cl)cc2)c(Br)c1. The highest BCUT2D eigenvalue weighted by molar-refractivity contribution is 9.10. The highest BCUT2D eigenvalue weighted by atomic mass is 79.9. The Kier molecular flexibility index (Phi) is 4.08. The fourth-order valence-electron chi connectivity index (χ4n) is 1.46. The fourth-order valence-corrected chi connectivity index (χ4v) is 2.20. The van der Waals surface area contributed by atoms with Crippen LogP contribution in [0.3, 0.4) is 0 Å². The predicted molar refractivity (Wildman–Crippen MR) is 74.7 cm³/mol. The van der Waals surface area contributed by atoms with Crippen LogP contribution in [0.25, 0.3) is 0 Å². The third-order valence-corrected chi connectivity index (χ3v) is 3.27. The number of hydrogen-bond donors (Lipinski definition) is 0. The molecule has 0 amide bonds. The molecule has 88 valence electrons. The molecule has 0 N–H and O–H groups in total. The number of benzene rings is 2. The first kappa shape index (κ1) is 12.5. The standard InChI is InChI=1S/C14H12BrClO/c1-10-2-7-14(13(15)8-10)17-9-11-3-5-12(16)6-4-11/h2-8H,9H2,1H3. The van der Waals surface area contributed by atoms with E-state index < -0.39 is 0 Å². The van der Waals surface area contributed by atoms with Crippen LogP contribution in [0.2, 0.25) is 5.02 Å². The van der Waals surface area contributed by atoms with E-state index in [1.165, 1.54) is 5.56 Å². The lowest BCUT2D eigenvalue weighted by atomic mass is 10.2. The molecule has 0 saturated heterocycles. The summed E-state index contributed by atoms with van der Waals surface area (Å²) in [5, 5.41) is 0.741. The molecular weight excluding hydrogens is 300 g/mol. The monoisotopic (exact) mass is 310 g/mol. The maximum Gasteiger partial charge on any atom is 0.134 e. The Morgan fingerprint density at radius 3 is 2.47 bits per heavy atom. The van der Waals surface area contributed by atoms with Crippen molar-refractivity contribution in [3.05, 3.63) is 63.1 Å². The average Bonchev–Trinajstić information content (AvgIpc) is 2.30. The van der Waals surface area contributed by atoms with E-state index in [1.54, 1.807) is 0 Å². The zero-order chi connectivity index (χ0) is 12.3. The summed E-state index contributed by atoms with van der Waals surface area (Å²) >= 11 is 9.31. The lowest BCUT2D eigenvalue weighted by molar-refractivity contribution is 0.304. The van der Waals surface area contributed by atoms with E-state index in [1.807, 2.05) is 49.4 Å². The van der Waals surface area contributed by atoms with Crippen LogP contribution in [0.15, 0.2) is 46.9 Å². The predicted octanol–water partition coefficient (Wildman–Crippen LogP) is 4.99. The van der Waals surface area contributed by atoms with Gasteiger partial charge >= 0.3 is 0 Å². The van der Waals surface area contributed by atoms with Crippen LogP contribution in [-0.2, 0) is 6.61 Å². The molecule has 2 aromatic carbocycles. The van der Waals surface area contributed by atoms with Gasteiger partial charge in [0.2, 0.25) is 0 Å². The highest BCUT2D eigenvalue weighted by Gasteiger charge is 2.01. The second kappa shape index (κ2) is 5.56. The Morgan fingerprint density at radius 2 is 1.82 bits per heavy atom. The number of ether oxygens (including phenoxy) is 1. The Hall–Kier alpha value is -0.990. The van der Waals surface area contributed by atoms with Crippen LogP contribution in [0.5, 0.6) is 5.75 Å². The third kappa shape index (κ3) is 3.48. The smallest absolute Gasteiger partial charge is 0.134 e. The number of aryl methyl sites for hydroxylation is 1. The first-order valence-corrected chi connectivity index (χ1v) is 6.45. The van der Waals surface area contributed by atoms with Gasteiger partial charge < -0.3 is 4.74 Å². The molecule has 0 aliphatic heterocycles. The second-order valence-corrected chi connectivity index (χ2v) is 5.14. The van der Waals surface area contributed by atoms with Crippen molar-refractivity contribution >= 4 is 27.5 Å². The van der Waals surface area contributed by atoms with Crippen molar-refractivity contribution in [2.75, 3.05) is 0 Å². The van der Waals surface area contributed by atoms with Crippen molar-refractivity contribution in [2.24, 2.45) is 0 Å². The minimum Gasteiger partial charge on any atom is -0.488 e. The molecule has 0 heterocycles. The van der Waals surface area contributed by atoms with Crippen LogP contribution >= 0.6 is 27.5 Å². The minimum atomic E-state index is 0.541. The summed E-state index contributed by atoms with van der Waals surface area (Å²) in [5.74, 6) is 0.852. The summed E-state index contributed by atoms with van der Waals surface area (Å²) in [7, 11) is 0. The van der Waals surface area contributed by atoms with Crippen LogP contribution in [0.4, 0.5) is 0 Å². The zero-order valence-electron chi connectivity index (χ0n) is 9.41. The van der Waals surface area contributed by atoms with Crippen molar-refractivity contribution < 1.29 is 4.74 Å². The Bertz CT molecular complexity index is 508. The van der Waals surface area contributed by atoms with Crippen LogP contribution in [0, 0.1) is 6.92 Å². The number of halogens is 2. The van der Waals surface area contributed by atoms with Crippen molar-refractivity contribution in [2.45, 2.75) is 13.5 Å². The molecule has 0 aliphatic carbocycles. The quantitative estimate of drug-likeness (QED) is 0.776. The number of hydrogen-bond acceptors (Lipinski definition) is 1. The van der Waals surface area contributed by atoms with Gasteiger partial charge in [0.15, 0.2) is 0 Å². The van der Waals surface area contributed by atoms with Gasteiger partial charge in [-0.2, -0.15) is 0 Å². The summed E-state index contributed by atoms with van der Waals surface area (Å²) in [4.78, 5) is 0. The Balaban J connectivity index is 2.04. The van der Waals surface area contributed by atoms with E-state index >= 15 is 0 Å². The van der Waals surface area contributed by atoms with Crippen molar-refractivity contribution in [3.8, 4) is 5.75 Å². The molecule has 0 unspecified atom stereocenters. The molecule has 0 aliphatic rings. The zero-order valence-corrected chi connectivity index (χ0v) is 11.8. The van der Waals surface area contributed by atoms with E-state index in [2.05, 4.69) is 15.9 Å². The lowest BCUT2D eigenvalue weighted by Gasteiger charge is -2.08. The lowest BCUT2D eigenvalue weighted by Crippen LogP contribution is -1.95. The summed E-state index contributed by atoms with van der Waals surface area (Å²) in [6, 6.07) is 13.7. The van der Waals surface area contributed by atoms with E-state index in [-0.39, 0.29) is 0 Å². The van der Waals surface area contributed by atoms with E-state index in [0.29, 0.717) is 6.61 Å². The van der Waals surface area contributed by atoms with E-state index in [4.69, 9.17) is 16.3 Å². The topological polar surface area (TPSA) is 9.23 Å². The summed E-state index contributed by atoms with van der Waals surface area (Å²) in [6.45, 7) is 2.59. The average molecular weight is 312 g/mol. The molecule has 0 fully saturated rings. The molecule has 0 bridgehead atoms. The van der Waals surface area contributed by atoms with Gasteiger partial charge in [0, 0.05) is 5.02 Å². The molecule has 1 nitrogen and oxygen atoms in total. The molecule has 0 spiro atoms. The maximum absolute atomic E-state index is 5.82. The molecule has 0 atom stereocenters. The van der Waals surface area contributed by atoms with Crippen LogP contribution in [-0.4, -0.2) is 0 Å². The van der Waals surface area contributed by atoms with Gasteiger partial charge in [-0.25, -0.2) is 0 Å². The molecule has 0 saturated carbocycles. The van der Waals surface area contributed by atoms with Crippen molar-refractivity contribution in [1.82, 2.24) is 0 Å². The minimum absolute atomic E-state index is 0.541. The molecule has 2 aromatic rings. The van der Waals surface area contributed by atoms with Crippen LogP contribution in [0.1, 0.15) is 11.1 Å². The fraction of sp³-hybridized carbons (Fsp3) is 0.143. The Morgan fingerprint density at radius 1 is 1.12 bits per heavy atom. The summed E-state index contributed by atoms with van der Waals surface area (Å²) in [6.07, 6.45) is 0. The van der Waals surface area contributed by atoms with Gasteiger partial charge in [0.1, 0.15) is 12.4 Å². The van der Waals surface area contributed by atoms with E-state index in [0.717, 1.165) is 20.8 Å². The molecule has 2 rings (SSSR count). The summed E-state index contributed by atoms with van der Waals surface area (Å²) in [5.41, 5.74) is 2.30. The molecular formula is C14H12BrClO. The summed E-state index contributed by atoms with van der Waals surface area (Å²) < 4.78 is 6.71. The van der Waals surface area contributed by atoms with Crippen molar-refractivity contribution in [3.63, 3.8) is 0 Å². The third-order valence-electron chi connectivity index (χ3n) is 2.39. The molecule has 0 radical (unpaired) electrons. The van der Waals surface area contributed by atoms with Gasteiger partial charge in [-0.3, -0.25) is 0 Å². The number of rotatable bonds is 3. The van der Waals surface area contributed by atoms with E-state index in [9.17, 15) is 0 Å². The van der Waals surface area contributed by atoms with Gasteiger partial charge in [0.05, 0.1) is 4.47 Å². The van der Waals surface area contributed by atoms with Gasteiger partial charge in [0.25, 0.3) is 0 Å². The molecule has 17 heavy (non-hydrogen) atoms. The van der Waals surface area contributed by atoms with Crippen molar-refractivity contribution in [1.29, 1.82) is 0 Å². The van der Waals surface area contributed by atoms with Gasteiger partial charge in [-0.05, 0) is 58.2 Å². The van der Waals surface area contributed by atoms with Crippen LogP contribution < -0.4 is 4.74 Å². The highest BCUT2D eigenvalue weighted by Crippen LogP contribution is 2.26. The second-order valence-electron chi connectivity index (χ2n) is 3.85. The van der Waals surface area contributed by atoms with Gasteiger partial charge in [-0.15, -0.1) is 0 Å². The molecule has 0 aromatic heterocycles. The van der Waals surface area contributed by atoms with Gasteiger partial charge in [-0.1, -0.05) is 29.8 Å². The Labute approximate surface area is 115 Å².